The van der Waals surface area contributed by atoms with E-state index in [1.54, 1.807) is 20.8 Å². The second kappa shape index (κ2) is 5.60. The minimum Gasteiger partial charge on any atom is -0.390 e. The number of hydrogen-bond acceptors (Lipinski definition) is 4. The highest BCUT2D eigenvalue weighted by molar-refractivity contribution is 6.01. The largest absolute Gasteiger partial charge is 0.390 e. The normalized spacial score (nSPS) is 55.2. The van der Waals surface area contributed by atoms with Gasteiger partial charge < -0.3 is 10.2 Å². The van der Waals surface area contributed by atoms with E-state index in [2.05, 4.69) is 0 Å². The fraction of sp³-hybridized carbons (Fsp3) is 0.727. The number of allylic oxidation sites excluding steroid dienone is 4. The van der Waals surface area contributed by atoms with E-state index in [1.807, 2.05) is 0 Å². The lowest BCUT2D eigenvalue weighted by Crippen LogP contribution is -2.70. The minimum absolute atomic E-state index is 0.0780. The van der Waals surface area contributed by atoms with Gasteiger partial charge in [0.05, 0.1) is 6.10 Å². The fourth-order valence-corrected chi connectivity index (χ4v) is 7.29. The molecule has 0 aliphatic heterocycles. The Bertz CT molecular complexity index is 821. The molecule has 4 rings (SSSR count). The minimum atomic E-state index is -2.18. The molecule has 0 aromatic carbocycles. The molecule has 0 heterocycles. The van der Waals surface area contributed by atoms with Crippen LogP contribution in [0, 0.1) is 28.6 Å². The molecule has 3 saturated carbocycles. The molecular weight excluding hydrogens is 366 g/mol. The smallest absolute Gasteiger partial charge is 0.178 e. The Labute approximate surface area is 163 Å². The van der Waals surface area contributed by atoms with Crippen LogP contribution in [0.2, 0.25) is 0 Å². The van der Waals surface area contributed by atoms with E-state index in [4.69, 9.17) is 0 Å². The van der Waals surface area contributed by atoms with Crippen LogP contribution in [0.15, 0.2) is 23.8 Å². The zero-order valence-electron chi connectivity index (χ0n) is 16.7. The number of aliphatic hydroxyl groups excluding tert-OH is 1. The molecule has 2 N–H and O–H groups in total. The molecule has 6 heteroatoms. The first-order valence-electron chi connectivity index (χ1n) is 10.0. The number of fused-ring (bicyclic) bond motifs is 5. The Kier molecular flexibility index (Phi) is 3.98. The lowest BCUT2D eigenvalue weighted by Gasteiger charge is -2.63. The quantitative estimate of drug-likeness (QED) is 0.717. The third-order valence-electron chi connectivity index (χ3n) is 8.75. The van der Waals surface area contributed by atoms with Crippen molar-refractivity contribution in [1.29, 1.82) is 0 Å². The maximum absolute atomic E-state index is 16.8. The Morgan fingerprint density at radius 2 is 1.89 bits per heavy atom. The van der Waals surface area contributed by atoms with Gasteiger partial charge in [0.1, 0.15) is 11.8 Å². The van der Waals surface area contributed by atoms with E-state index in [-0.39, 0.29) is 24.2 Å². The van der Waals surface area contributed by atoms with E-state index in [0.717, 1.165) is 6.08 Å². The Morgan fingerprint density at radius 3 is 2.50 bits per heavy atom. The highest BCUT2D eigenvalue weighted by Crippen LogP contribution is 2.70. The van der Waals surface area contributed by atoms with Gasteiger partial charge in [0, 0.05) is 16.7 Å². The van der Waals surface area contributed by atoms with Crippen molar-refractivity contribution in [2.24, 2.45) is 28.6 Å². The van der Waals surface area contributed by atoms with Gasteiger partial charge in [-0.25, -0.2) is 8.78 Å². The van der Waals surface area contributed by atoms with Crippen LogP contribution in [0.1, 0.15) is 47.0 Å². The summed E-state index contributed by atoms with van der Waals surface area (Å²) in [5.41, 5.74) is -6.26. The van der Waals surface area contributed by atoms with Gasteiger partial charge >= 0.3 is 0 Å². The van der Waals surface area contributed by atoms with Crippen LogP contribution in [0.3, 0.4) is 0 Å². The zero-order chi connectivity index (χ0) is 20.9. The predicted octanol–water partition coefficient (Wildman–Crippen LogP) is 2.87. The molecule has 0 radical (unpaired) electrons. The van der Waals surface area contributed by atoms with Gasteiger partial charge in [-0.15, -0.1) is 0 Å². The van der Waals surface area contributed by atoms with Crippen molar-refractivity contribution in [2.45, 2.75) is 70.5 Å². The number of ketones is 2. The number of hydrogen-bond donors (Lipinski definition) is 2. The molecule has 0 unspecified atom stereocenters. The van der Waals surface area contributed by atoms with E-state index < -0.39 is 57.9 Å². The third-order valence-corrected chi connectivity index (χ3v) is 8.75. The van der Waals surface area contributed by atoms with Crippen LogP contribution in [0.5, 0.6) is 0 Å². The molecule has 4 aliphatic carbocycles. The average Bonchev–Trinajstić information content (AvgIpc) is 2.81. The SMILES string of the molecule is CC(=O)[C@@]1(O)[C@@H](C)C[C@H]2[C@@H]3C[C@H](F)C4=CC(=O)C=C[C@]4(C)[C@@]3(F)[C@@H](O)C[C@@]21C. The maximum atomic E-state index is 16.8. The van der Waals surface area contributed by atoms with Crippen molar-refractivity contribution < 1.29 is 28.6 Å². The zero-order valence-corrected chi connectivity index (χ0v) is 16.7. The lowest BCUT2D eigenvalue weighted by molar-refractivity contribution is -0.222. The van der Waals surface area contributed by atoms with Gasteiger partial charge in [-0.1, -0.05) is 19.9 Å². The summed E-state index contributed by atoms with van der Waals surface area (Å²) in [5.74, 6) is -2.51. The highest BCUT2D eigenvalue weighted by atomic mass is 19.1. The molecule has 0 aromatic rings. The van der Waals surface area contributed by atoms with Crippen molar-refractivity contribution in [3.63, 3.8) is 0 Å². The van der Waals surface area contributed by atoms with E-state index in [9.17, 15) is 19.8 Å². The van der Waals surface area contributed by atoms with Gasteiger partial charge in [0.2, 0.25) is 0 Å². The van der Waals surface area contributed by atoms with Gasteiger partial charge in [-0.05, 0) is 62.7 Å². The van der Waals surface area contributed by atoms with Gasteiger partial charge in [0.25, 0.3) is 0 Å². The molecule has 3 fully saturated rings. The standard InChI is InChI=1S/C22H28F2O4/c1-11-7-14-15-9-17(23)16-8-13(26)5-6-19(16,3)21(15,24)18(27)10-20(14,4)22(11,28)12(2)25/h5-6,8,11,14-15,17-18,27-28H,7,9-10H2,1-4H3/t11-,14-,15-,17-,18-,19-,20-,21-,22-/m0/s1. The number of carbonyl (C=O) groups is 2. The van der Waals surface area contributed by atoms with Crippen LogP contribution in [0.25, 0.3) is 0 Å². The summed E-state index contributed by atoms with van der Waals surface area (Å²) >= 11 is 0. The average molecular weight is 394 g/mol. The first-order valence-corrected chi connectivity index (χ1v) is 10.0. The second-order valence-corrected chi connectivity index (χ2v) is 9.82. The number of halogens is 2. The van der Waals surface area contributed by atoms with Gasteiger partial charge in [-0.2, -0.15) is 0 Å². The molecule has 0 aromatic heterocycles. The fourth-order valence-electron chi connectivity index (χ4n) is 7.29. The molecule has 0 spiro atoms. The van der Waals surface area contributed by atoms with Crippen LogP contribution >= 0.6 is 0 Å². The summed E-state index contributed by atoms with van der Waals surface area (Å²) in [6, 6.07) is 0. The molecule has 0 amide bonds. The number of rotatable bonds is 1. The summed E-state index contributed by atoms with van der Waals surface area (Å²) in [5, 5.41) is 22.4. The summed E-state index contributed by atoms with van der Waals surface area (Å²) in [7, 11) is 0. The Hall–Kier alpha value is -1.40. The number of carbonyl (C=O) groups excluding carboxylic acids is 2. The van der Waals surface area contributed by atoms with Crippen molar-refractivity contribution in [3.05, 3.63) is 23.8 Å². The molecule has 154 valence electrons. The molecular formula is C22H28F2O4. The predicted molar refractivity (Wildman–Crippen MR) is 98.8 cm³/mol. The summed E-state index contributed by atoms with van der Waals surface area (Å²) in [4.78, 5) is 24.2. The van der Waals surface area contributed by atoms with E-state index in [0.29, 0.717) is 6.42 Å². The second-order valence-electron chi connectivity index (χ2n) is 9.82. The molecule has 0 saturated heterocycles. The van der Waals surface area contributed by atoms with Gasteiger partial charge in [0.15, 0.2) is 17.2 Å². The summed E-state index contributed by atoms with van der Waals surface area (Å²) in [6.45, 7) is 6.36. The van der Waals surface area contributed by atoms with E-state index in [1.165, 1.54) is 19.1 Å². The van der Waals surface area contributed by atoms with Crippen LogP contribution in [-0.4, -0.2) is 45.3 Å². The molecule has 4 aliphatic rings. The molecule has 0 bridgehead atoms. The van der Waals surface area contributed by atoms with Crippen molar-refractivity contribution in [3.8, 4) is 0 Å². The molecule has 28 heavy (non-hydrogen) atoms. The highest BCUT2D eigenvalue weighted by Gasteiger charge is 2.76. The topological polar surface area (TPSA) is 74.6 Å². The first kappa shape index (κ1) is 19.9. The van der Waals surface area contributed by atoms with Crippen LogP contribution in [0.4, 0.5) is 8.78 Å². The molecule has 4 nitrogen and oxygen atoms in total. The Balaban J connectivity index is 1.88. The monoisotopic (exact) mass is 394 g/mol. The summed E-state index contributed by atoms with van der Waals surface area (Å²) in [6.07, 6.45) is 0.918. The van der Waals surface area contributed by atoms with Crippen LogP contribution in [-0.2, 0) is 9.59 Å². The first-order chi connectivity index (χ1) is 12.8. The van der Waals surface area contributed by atoms with Gasteiger partial charge in [-0.3, -0.25) is 9.59 Å². The number of Topliss-reactive ketones (excluding diaryl/α,β-unsaturated/α-hetero) is 1. The lowest BCUT2D eigenvalue weighted by atomic mass is 9.44. The van der Waals surface area contributed by atoms with Crippen molar-refractivity contribution in [2.75, 3.05) is 0 Å². The number of alkyl halides is 2. The summed E-state index contributed by atoms with van der Waals surface area (Å²) < 4.78 is 32.0. The van der Waals surface area contributed by atoms with Crippen molar-refractivity contribution >= 4 is 11.6 Å². The van der Waals surface area contributed by atoms with Crippen molar-refractivity contribution in [1.82, 2.24) is 0 Å². The Morgan fingerprint density at radius 1 is 1.25 bits per heavy atom. The third kappa shape index (κ3) is 1.96. The van der Waals surface area contributed by atoms with Crippen LogP contribution < -0.4 is 0 Å². The van der Waals surface area contributed by atoms with E-state index >= 15 is 8.78 Å². The molecule has 9 atom stereocenters. The number of aliphatic hydroxyl groups is 2. The maximum Gasteiger partial charge on any atom is 0.178 e.